The van der Waals surface area contributed by atoms with Crippen LogP contribution in [0.3, 0.4) is 0 Å². The number of nitrogens with one attached hydrogen (secondary N) is 1. The summed E-state index contributed by atoms with van der Waals surface area (Å²) in [5, 5.41) is 0. The zero-order valence-corrected chi connectivity index (χ0v) is 5.68. The molecule has 12 heavy (non-hydrogen) atoms. The van der Waals surface area contributed by atoms with E-state index in [0.29, 0.717) is 6.08 Å². The molecule has 0 aromatic carbocycles. The second-order valence-electron chi connectivity index (χ2n) is 2.19. The lowest BCUT2D eigenvalue weighted by atomic mass is 10.0. The maximum absolute atomic E-state index is 12.2. The summed E-state index contributed by atoms with van der Waals surface area (Å²) in [7, 11) is 0. The van der Waals surface area contributed by atoms with Crippen LogP contribution in [0.1, 0.15) is 0 Å². The molecule has 0 aromatic rings. The molecule has 1 atom stereocenters. The van der Waals surface area contributed by atoms with Crippen LogP contribution in [0.4, 0.5) is 13.2 Å². The predicted molar refractivity (Wildman–Crippen MR) is 31.3 cm³/mol. The van der Waals surface area contributed by atoms with Crippen molar-refractivity contribution in [1.29, 1.82) is 0 Å². The molecule has 0 spiro atoms. The SMILES string of the molecule is NC(=O)C1(C(F)(F)F)C=CON1. The normalized spacial score (nSPS) is 28.6. The topological polar surface area (TPSA) is 64.4 Å². The van der Waals surface area contributed by atoms with Gasteiger partial charge in [-0.15, -0.1) is 5.48 Å². The number of alkyl halides is 3. The maximum Gasteiger partial charge on any atom is 0.422 e. The van der Waals surface area contributed by atoms with Gasteiger partial charge in [0.2, 0.25) is 5.54 Å². The van der Waals surface area contributed by atoms with Gasteiger partial charge >= 0.3 is 6.18 Å². The number of carbonyl (C=O) groups excluding carboxylic acids is 1. The number of hydrogen-bond donors (Lipinski definition) is 2. The fraction of sp³-hybridized carbons (Fsp3) is 0.400. The van der Waals surface area contributed by atoms with Gasteiger partial charge in [-0.25, -0.2) is 0 Å². The smallest absolute Gasteiger partial charge is 0.415 e. The van der Waals surface area contributed by atoms with E-state index in [1.807, 2.05) is 0 Å². The number of halogens is 3. The molecule has 0 aliphatic carbocycles. The quantitative estimate of drug-likeness (QED) is 0.591. The molecule has 1 heterocycles. The molecule has 68 valence electrons. The minimum absolute atomic E-state index is 0.523. The highest BCUT2D eigenvalue weighted by molar-refractivity contribution is 5.88. The second-order valence-corrected chi connectivity index (χ2v) is 2.19. The number of hydrogen-bond acceptors (Lipinski definition) is 3. The summed E-state index contributed by atoms with van der Waals surface area (Å²) in [6.45, 7) is 0. The van der Waals surface area contributed by atoms with Crippen molar-refractivity contribution in [2.75, 3.05) is 0 Å². The van der Waals surface area contributed by atoms with Gasteiger partial charge in [0.05, 0.1) is 0 Å². The van der Waals surface area contributed by atoms with Crippen molar-refractivity contribution < 1.29 is 22.8 Å². The summed E-state index contributed by atoms with van der Waals surface area (Å²) in [4.78, 5) is 14.6. The number of rotatable bonds is 1. The van der Waals surface area contributed by atoms with Gasteiger partial charge in [-0.2, -0.15) is 13.2 Å². The Morgan fingerprint density at radius 2 is 2.17 bits per heavy atom. The lowest BCUT2D eigenvalue weighted by Gasteiger charge is -2.24. The Kier molecular flexibility index (Phi) is 1.75. The van der Waals surface area contributed by atoms with Crippen LogP contribution in [0.2, 0.25) is 0 Å². The lowest BCUT2D eigenvalue weighted by Crippen LogP contribution is -2.61. The van der Waals surface area contributed by atoms with E-state index in [0.717, 1.165) is 6.26 Å². The Balaban J connectivity index is 3.04. The Labute approximate surface area is 65.1 Å². The fourth-order valence-corrected chi connectivity index (χ4v) is 0.722. The van der Waals surface area contributed by atoms with Crippen LogP contribution in [0.5, 0.6) is 0 Å². The third-order valence-corrected chi connectivity index (χ3v) is 1.44. The number of hydroxylamine groups is 1. The summed E-state index contributed by atoms with van der Waals surface area (Å²) in [5.74, 6) is -1.55. The van der Waals surface area contributed by atoms with E-state index in [9.17, 15) is 18.0 Å². The van der Waals surface area contributed by atoms with Crippen LogP contribution in [-0.2, 0) is 9.63 Å². The van der Waals surface area contributed by atoms with E-state index in [-0.39, 0.29) is 0 Å². The molecule has 7 heteroatoms. The molecule has 0 bridgehead atoms. The van der Waals surface area contributed by atoms with Crippen molar-refractivity contribution in [3.05, 3.63) is 12.3 Å². The van der Waals surface area contributed by atoms with Gasteiger partial charge in [0, 0.05) is 0 Å². The average Bonchev–Trinajstić information content (AvgIpc) is 2.31. The van der Waals surface area contributed by atoms with E-state index in [1.54, 1.807) is 0 Å². The van der Waals surface area contributed by atoms with Crippen LogP contribution in [0.15, 0.2) is 12.3 Å². The lowest BCUT2D eigenvalue weighted by molar-refractivity contribution is -0.198. The molecule has 1 aliphatic rings. The molecule has 0 radical (unpaired) electrons. The van der Waals surface area contributed by atoms with Crippen LogP contribution < -0.4 is 11.2 Å². The van der Waals surface area contributed by atoms with Crippen molar-refractivity contribution in [2.45, 2.75) is 11.7 Å². The van der Waals surface area contributed by atoms with Gasteiger partial charge in [0.15, 0.2) is 0 Å². The minimum atomic E-state index is -4.80. The highest BCUT2D eigenvalue weighted by atomic mass is 19.4. The van der Waals surface area contributed by atoms with Crippen LogP contribution in [0, 0.1) is 0 Å². The van der Waals surface area contributed by atoms with Crippen LogP contribution >= 0.6 is 0 Å². The fourth-order valence-electron chi connectivity index (χ4n) is 0.722. The van der Waals surface area contributed by atoms with Gasteiger partial charge < -0.3 is 10.6 Å². The van der Waals surface area contributed by atoms with Crippen molar-refractivity contribution >= 4 is 5.91 Å². The third-order valence-electron chi connectivity index (χ3n) is 1.44. The number of amides is 1. The van der Waals surface area contributed by atoms with E-state index >= 15 is 0 Å². The highest BCUT2D eigenvalue weighted by Gasteiger charge is 2.60. The van der Waals surface area contributed by atoms with Crippen molar-refractivity contribution in [3.63, 3.8) is 0 Å². The number of primary amides is 1. The molecule has 0 saturated heterocycles. The molecular weight excluding hydrogens is 177 g/mol. The monoisotopic (exact) mass is 182 g/mol. The molecule has 1 amide bonds. The van der Waals surface area contributed by atoms with E-state index < -0.39 is 17.6 Å². The van der Waals surface area contributed by atoms with Crippen molar-refractivity contribution in [1.82, 2.24) is 5.48 Å². The van der Waals surface area contributed by atoms with Gasteiger partial charge in [-0.1, -0.05) is 0 Å². The first-order valence-electron chi connectivity index (χ1n) is 2.87. The molecule has 1 aliphatic heterocycles. The molecular formula is C5H5F3N2O2. The van der Waals surface area contributed by atoms with Crippen LogP contribution in [-0.4, -0.2) is 17.6 Å². The van der Waals surface area contributed by atoms with Crippen LogP contribution in [0.25, 0.3) is 0 Å². The number of carbonyl (C=O) groups is 1. The molecule has 0 saturated carbocycles. The van der Waals surface area contributed by atoms with E-state index in [2.05, 4.69) is 10.6 Å². The third kappa shape index (κ3) is 1.02. The van der Waals surface area contributed by atoms with Gasteiger partial charge in [-0.05, 0) is 6.08 Å². The Hall–Kier alpha value is -1.24. The average molecular weight is 182 g/mol. The highest BCUT2D eigenvalue weighted by Crippen LogP contribution is 2.33. The van der Waals surface area contributed by atoms with E-state index in [1.165, 1.54) is 5.48 Å². The Morgan fingerprint density at radius 1 is 1.58 bits per heavy atom. The largest absolute Gasteiger partial charge is 0.422 e. The summed E-state index contributed by atoms with van der Waals surface area (Å²) in [6.07, 6.45) is -3.56. The van der Waals surface area contributed by atoms with E-state index in [4.69, 9.17) is 0 Å². The zero-order valence-electron chi connectivity index (χ0n) is 5.68. The second kappa shape index (κ2) is 2.37. The zero-order chi connectivity index (χ0) is 9.41. The first-order chi connectivity index (χ1) is 5.40. The molecule has 4 nitrogen and oxygen atoms in total. The summed E-state index contributed by atoms with van der Waals surface area (Å²) >= 11 is 0. The van der Waals surface area contributed by atoms with Crippen molar-refractivity contribution in [3.8, 4) is 0 Å². The molecule has 1 rings (SSSR count). The summed E-state index contributed by atoms with van der Waals surface area (Å²) < 4.78 is 36.5. The summed E-state index contributed by atoms with van der Waals surface area (Å²) in [6, 6.07) is 0. The molecule has 1 unspecified atom stereocenters. The Morgan fingerprint density at radius 3 is 2.33 bits per heavy atom. The first-order valence-corrected chi connectivity index (χ1v) is 2.87. The van der Waals surface area contributed by atoms with Crippen molar-refractivity contribution in [2.24, 2.45) is 5.73 Å². The van der Waals surface area contributed by atoms with Gasteiger partial charge in [-0.3, -0.25) is 4.79 Å². The molecule has 3 N–H and O–H groups in total. The molecule has 0 fully saturated rings. The first kappa shape index (κ1) is 8.85. The van der Waals surface area contributed by atoms with Gasteiger partial charge in [0.1, 0.15) is 6.26 Å². The number of nitrogens with two attached hydrogens (primary N) is 1. The predicted octanol–water partition coefficient (Wildman–Crippen LogP) is -0.179. The Bertz CT molecular complexity index is 237. The maximum atomic E-state index is 12.2. The molecule has 0 aromatic heterocycles. The standard InChI is InChI=1S/C5H5F3N2O2/c6-5(7,8)4(3(9)11)1-2-12-10-4/h1-2,10H,(H2,9,11). The summed E-state index contributed by atoms with van der Waals surface area (Å²) in [5.41, 5.74) is 3.18. The minimum Gasteiger partial charge on any atom is -0.415 e. The van der Waals surface area contributed by atoms with Gasteiger partial charge in [0.25, 0.3) is 5.91 Å².